The Labute approximate surface area is 211 Å². The highest BCUT2D eigenvalue weighted by molar-refractivity contribution is 5.89. The van der Waals surface area contributed by atoms with Crippen molar-refractivity contribution in [2.45, 2.75) is 74.5 Å². The molecular formula is C28H35N3O5. The summed E-state index contributed by atoms with van der Waals surface area (Å²) in [6, 6.07) is 3.71. The fraction of sp³-hybridized carbons (Fsp3) is 0.643. The lowest BCUT2D eigenvalue weighted by Gasteiger charge is -2.63. The minimum atomic E-state index is -0.973. The second-order valence-electron chi connectivity index (χ2n) is 12.0. The van der Waals surface area contributed by atoms with Crippen LogP contribution in [0.4, 0.5) is 0 Å². The number of hydrogen-bond acceptors (Lipinski definition) is 6. The number of piperidine rings is 2. The Morgan fingerprint density at radius 2 is 2.03 bits per heavy atom. The van der Waals surface area contributed by atoms with Gasteiger partial charge in [0.2, 0.25) is 11.8 Å². The number of aliphatic hydroxyl groups is 1. The molecule has 1 aromatic carbocycles. The highest BCUT2D eigenvalue weighted by Gasteiger charge is 2.72. The number of primary amides is 1. The summed E-state index contributed by atoms with van der Waals surface area (Å²) in [4.78, 5) is 29.3. The highest BCUT2D eigenvalue weighted by Crippen LogP contribution is 2.66. The SMILES string of the molecule is NC(=O)C1CCCN(C(=O)/C=C2\CC[C@@]3(O)[C@H]4Cc5ccc(O)c6c5[C@@]3(CCN4CC3CC3)[C@H]2O6)C1. The van der Waals surface area contributed by atoms with Gasteiger partial charge in [0.15, 0.2) is 11.5 Å². The first-order valence-corrected chi connectivity index (χ1v) is 13.6. The van der Waals surface area contributed by atoms with Crippen molar-refractivity contribution >= 4 is 11.8 Å². The second-order valence-corrected chi connectivity index (χ2v) is 12.0. The molecular weight excluding hydrogens is 458 g/mol. The van der Waals surface area contributed by atoms with E-state index in [9.17, 15) is 19.8 Å². The van der Waals surface area contributed by atoms with Gasteiger partial charge in [-0.05, 0) is 81.0 Å². The fourth-order valence-corrected chi connectivity index (χ4v) is 8.14. The predicted molar refractivity (Wildman–Crippen MR) is 131 cm³/mol. The molecule has 3 aliphatic carbocycles. The third-order valence-corrected chi connectivity index (χ3v) is 10.1. The molecule has 36 heavy (non-hydrogen) atoms. The zero-order chi connectivity index (χ0) is 24.8. The van der Waals surface area contributed by atoms with E-state index < -0.39 is 17.1 Å². The van der Waals surface area contributed by atoms with E-state index in [0.29, 0.717) is 38.1 Å². The quantitative estimate of drug-likeness (QED) is 0.549. The van der Waals surface area contributed by atoms with Gasteiger partial charge in [0.05, 0.1) is 16.9 Å². The van der Waals surface area contributed by atoms with Gasteiger partial charge >= 0.3 is 0 Å². The number of rotatable bonds is 4. The van der Waals surface area contributed by atoms with Gasteiger partial charge in [0.1, 0.15) is 6.10 Å². The molecule has 0 radical (unpaired) electrons. The summed E-state index contributed by atoms with van der Waals surface area (Å²) in [5, 5.41) is 23.3. The molecule has 2 saturated heterocycles. The van der Waals surface area contributed by atoms with E-state index in [1.807, 2.05) is 6.07 Å². The van der Waals surface area contributed by atoms with Crippen LogP contribution in [-0.4, -0.2) is 75.8 Å². The van der Waals surface area contributed by atoms with Gasteiger partial charge in [0, 0.05) is 37.3 Å². The number of ether oxygens (including phenoxy) is 1. The van der Waals surface area contributed by atoms with Crippen molar-refractivity contribution in [1.82, 2.24) is 9.80 Å². The first-order chi connectivity index (χ1) is 17.3. The zero-order valence-corrected chi connectivity index (χ0v) is 20.6. The molecule has 2 bridgehead atoms. The lowest BCUT2D eigenvalue weighted by molar-refractivity contribution is -0.174. The van der Waals surface area contributed by atoms with Gasteiger partial charge in [-0.1, -0.05) is 6.07 Å². The van der Waals surface area contributed by atoms with Crippen LogP contribution < -0.4 is 10.5 Å². The van der Waals surface area contributed by atoms with Gasteiger partial charge in [-0.2, -0.15) is 0 Å². The number of hydrogen-bond donors (Lipinski definition) is 3. The molecule has 4 N–H and O–H groups in total. The lowest BCUT2D eigenvalue weighted by Crippen LogP contribution is -2.75. The summed E-state index contributed by atoms with van der Waals surface area (Å²) >= 11 is 0. The summed E-state index contributed by atoms with van der Waals surface area (Å²) in [7, 11) is 0. The Kier molecular flexibility index (Phi) is 4.84. The Hall–Kier alpha value is -2.58. The normalized spacial score (nSPS) is 38.0. The maximum absolute atomic E-state index is 13.4. The number of nitrogens with zero attached hydrogens (tertiary/aromatic N) is 2. The molecule has 5 atom stereocenters. The van der Waals surface area contributed by atoms with E-state index in [-0.39, 0.29) is 29.5 Å². The molecule has 7 rings (SSSR count). The lowest BCUT2D eigenvalue weighted by atomic mass is 9.48. The molecule has 6 aliphatic rings. The molecule has 192 valence electrons. The van der Waals surface area contributed by atoms with Crippen LogP contribution in [0.2, 0.25) is 0 Å². The fourth-order valence-electron chi connectivity index (χ4n) is 8.14. The smallest absolute Gasteiger partial charge is 0.246 e. The zero-order valence-electron chi connectivity index (χ0n) is 20.6. The minimum absolute atomic E-state index is 0.0108. The van der Waals surface area contributed by atoms with Crippen molar-refractivity contribution in [3.05, 3.63) is 34.9 Å². The van der Waals surface area contributed by atoms with Crippen molar-refractivity contribution < 1.29 is 24.5 Å². The predicted octanol–water partition coefficient (Wildman–Crippen LogP) is 1.61. The van der Waals surface area contributed by atoms with Crippen molar-refractivity contribution in [1.29, 1.82) is 0 Å². The third kappa shape index (κ3) is 3.00. The van der Waals surface area contributed by atoms with E-state index >= 15 is 0 Å². The van der Waals surface area contributed by atoms with Crippen LogP contribution in [-0.2, 0) is 21.4 Å². The molecule has 3 aliphatic heterocycles. The molecule has 1 spiro atoms. The average molecular weight is 494 g/mol. The molecule has 3 heterocycles. The van der Waals surface area contributed by atoms with Crippen LogP contribution in [0.5, 0.6) is 11.5 Å². The maximum Gasteiger partial charge on any atom is 0.246 e. The molecule has 1 unspecified atom stereocenters. The average Bonchev–Trinajstić information content (AvgIpc) is 3.61. The van der Waals surface area contributed by atoms with Crippen molar-refractivity contribution in [3.63, 3.8) is 0 Å². The van der Waals surface area contributed by atoms with Crippen molar-refractivity contribution in [2.24, 2.45) is 17.6 Å². The van der Waals surface area contributed by atoms with Crippen LogP contribution in [0.3, 0.4) is 0 Å². The van der Waals surface area contributed by atoms with Gasteiger partial charge < -0.3 is 25.6 Å². The van der Waals surface area contributed by atoms with Gasteiger partial charge in [-0.3, -0.25) is 14.5 Å². The number of amides is 2. The Bertz CT molecular complexity index is 1180. The Morgan fingerprint density at radius 1 is 1.19 bits per heavy atom. The van der Waals surface area contributed by atoms with Gasteiger partial charge in [-0.25, -0.2) is 0 Å². The van der Waals surface area contributed by atoms with E-state index in [1.54, 1.807) is 17.0 Å². The Balaban J connectivity index is 1.27. The van der Waals surface area contributed by atoms with Crippen molar-refractivity contribution in [3.8, 4) is 11.5 Å². The summed E-state index contributed by atoms with van der Waals surface area (Å²) in [6.45, 7) is 2.87. The number of benzene rings is 1. The summed E-state index contributed by atoms with van der Waals surface area (Å²) < 4.78 is 6.52. The number of carbonyl (C=O) groups excluding carboxylic acids is 2. The van der Waals surface area contributed by atoms with E-state index in [4.69, 9.17) is 10.5 Å². The first-order valence-electron chi connectivity index (χ1n) is 13.6. The number of aromatic hydroxyl groups is 1. The molecule has 8 heteroatoms. The van der Waals surface area contributed by atoms with Crippen LogP contribution in [0, 0.1) is 11.8 Å². The highest BCUT2D eigenvalue weighted by atomic mass is 16.5. The van der Waals surface area contributed by atoms with E-state index in [0.717, 1.165) is 55.0 Å². The number of carbonyl (C=O) groups is 2. The van der Waals surface area contributed by atoms with E-state index in [2.05, 4.69) is 4.90 Å². The van der Waals surface area contributed by atoms with Crippen LogP contribution in [0.1, 0.15) is 56.1 Å². The van der Waals surface area contributed by atoms with Crippen molar-refractivity contribution in [2.75, 3.05) is 26.2 Å². The number of likely N-dealkylation sites (tertiary alicyclic amines) is 2. The summed E-state index contributed by atoms with van der Waals surface area (Å²) in [5.74, 6) is 0.533. The Morgan fingerprint density at radius 3 is 2.81 bits per heavy atom. The van der Waals surface area contributed by atoms with Crippen LogP contribution >= 0.6 is 0 Å². The number of phenols is 1. The first kappa shape index (κ1) is 22.6. The minimum Gasteiger partial charge on any atom is -0.504 e. The monoisotopic (exact) mass is 493 g/mol. The van der Waals surface area contributed by atoms with E-state index in [1.165, 1.54) is 12.8 Å². The standard InChI is InChI=1S/C28H35N3O5/c29-26(34)19-2-1-10-31(15-19)22(33)13-18-7-8-28(35)21-12-17-5-6-20(32)24-23(17)27(28,25(18)36-24)9-11-30(21)14-16-3-4-16/h5-6,13,16,19,21,25,32,35H,1-4,7-12,14-15H2,(H2,29,34)/b18-13+/t19?,21-,25+,27+,28-/m1/s1. The molecule has 4 fully saturated rings. The number of phenolic OH excluding ortho intramolecular Hbond substituents is 1. The topological polar surface area (TPSA) is 116 Å². The molecule has 0 aromatic heterocycles. The summed E-state index contributed by atoms with van der Waals surface area (Å²) in [6.07, 6.45) is 7.85. The second kappa shape index (κ2) is 7.71. The molecule has 8 nitrogen and oxygen atoms in total. The summed E-state index contributed by atoms with van der Waals surface area (Å²) in [5.41, 5.74) is 6.88. The molecule has 2 amide bonds. The van der Waals surface area contributed by atoms with Crippen LogP contribution in [0.25, 0.3) is 0 Å². The maximum atomic E-state index is 13.4. The van der Waals surface area contributed by atoms with Gasteiger partial charge in [-0.15, -0.1) is 0 Å². The number of nitrogens with two attached hydrogens (primary N) is 1. The van der Waals surface area contributed by atoms with Crippen LogP contribution in [0.15, 0.2) is 23.8 Å². The molecule has 2 saturated carbocycles. The largest absolute Gasteiger partial charge is 0.504 e. The van der Waals surface area contributed by atoms with Gasteiger partial charge in [0.25, 0.3) is 0 Å². The third-order valence-electron chi connectivity index (χ3n) is 10.1. The molecule has 1 aromatic rings.